The Balaban J connectivity index is -0.000000574. The molecule has 0 unspecified atom stereocenters. The zero-order chi connectivity index (χ0) is 33.4. The van der Waals surface area contributed by atoms with Gasteiger partial charge in [-0.25, -0.2) is 9.59 Å². The third-order valence-electron chi connectivity index (χ3n) is 5.79. The van der Waals surface area contributed by atoms with Crippen LogP contribution in [0.3, 0.4) is 0 Å². The van der Waals surface area contributed by atoms with E-state index >= 15 is 0 Å². The number of aliphatic hydroxyl groups excluding tert-OH is 1. The van der Waals surface area contributed by atoms with Gasteiger partial charge in [0.15, 0.2) is 0 Å². The lowest BCUT2D eigenvalue weighted by atomic mass is 9.88. The molecule has 246 valence electrons. The van der Waals surface area contributed by atoms with Crippen LogP contribution in [0, 0.1) is 10.8 Å². The molecule has 0 fully saturated rings. The topological polar surface area (TPSA) is 99.6 Å². The van der Waals surface area contributed by atoms with Gasteiger partial charge in [-0.15, -0.1) is 0 Å². The molecule has 0 bridgehead atoms. The van der Waals surface area contributed by atoms with E-state index in [9.17, 15) is 19.5 Å². The standard InChI is InChI=1S/C13H27NO3.C13H25NO3.C6H15N/c2*1-12(2,3)8-10(9-15)14(7)11(16)17-13(4,5)6;1-4-7(5-2)6-3/h10,15H,8-9H2,1-7H3;9-10H,8H2,1-7H3;4-6H2,1-3H3/t2*10-;/m00./s1. The summed E-state index contributed by atoms with van der Waals surface area (Å²) in [6.45, 7) is 33.3. The van der Waals surface area contributed by atoms with Crippen LogP contribution in [0.1, 0.15) is 117 Å². The molecule has 0 aliphatic carbocycles. The molecular formula is C32H67N3O6. The van der Waals surface area contributed by atoms with Crippen LogP contribution < -0.4 is 0 Å². The Labute approximate surface area is 253 Å². The molecule has 9 heteroatoms. The summed E-state index contributed by atoms with van der Waals surface area (Å²) in [6, 6.07) is -0.644. The van der Waals surface area contributed by atoms with E-state index in [0.29, 0.717) is 6.42 Å². The van der Waals surface area contributed by atoms with Crippen LogP contribution in [-0.4, -0.2) is 102 Å². The van der Waals surface area contributed by atoms with Crippen molar-refractivity contribution in [2.45, 2.75) is 140 Å². The molecule has 9 nitrogen and oxygen atoms in total. The number of carbonyl (C=O) groups is 3. The van der Waals surface area contributed by atoms with Gasteiger partial charge in [-0.05, 0) is 84.8 Å². The Hall–Kier alpha value is -1.87. The second kappa shape index (κ2) is 19.3. The van der Waals surface area contributed by atoms with Gasteiger partial charge in [0.25, 0.3) is 0 Å². The number of aldehydes is 1. The molecule has 0 aromatic rings. The van der Waals surface area contributed by atoms with Crippen LogP contribution in [0.5, 0.6) is 0 Å². The normalized spacial score (nSPS) is 13.5. The second-order valence-electron chi connectivity index (χ2n) is 14.9. The molecule has 0 spiro atoms. The first-order valence-electron chi connectivity index (χ1n) is 15.0. The summed E-state index contributed by atoms with van der Waals surface area (Å²) >= 11 is 0. The average molecular weight is 590 g/mol. The van der Waals surface area contributed by atoms with Gasteiger partial charge in [-0.2, -0.15) is 0 Å². The minimum atomic E-state index is -0.541. The van der Waals surface area contributed by atoms with E-state index in [-0.39, 0.29) is 29.6 Å². The largest absolute Gasteiger partial charge is 0.444 e. The molecule has 1 N–H and O–H groups in total. The molecular weight excluding hydrogens is 522 g/mol. The fourth-order valence-electron chi connectivity index (χ4n) is 3.56. The highest BCUT2D eigenvalue weighted by molar-refractivity contribution is 5.73. The lowest BCUT2D eigenvalue weighted by Crippen LogP contribution is -2.44. The molecule has 0 aliphatic heterocycles. The van der Waals surface area contributed by atoms with Crippen molar-refractivity contribution < 1.29 is 29.0 Å². The summed E-state index contributed by atoms with van der Waals surface area (Å²) in [5.41, 5.74) is -1.00. The molecule has 0 radical (unpaired) electrons. The van der Waals surface area contributed by atoms with E-state index in [4.69, 9.17) is 9.47 Å². The first-order chi connectivity index (χ1) is 18.3. The van der Waals surface area contributed by atoms with Gasteiger partial charge in [-0.1, -0.05) is 62.3 Å². The fourth-order valence-corrected chi connectivity index (χ4v) is 3.56. The number of nitrogens with zero attached hydrogens (tertiary/aromatic N) is 3. The molecule has 0 saturated carbocycles. The number of aliphatic hydroxyl groups is 1. The van der Waals surface area contributed by atoms with Crippen molar-refractivity contribution in [3.8, 4) is 0 Å². The van der Waals surface area contributed by atoms with Gasteiger partial charge in [0.1, 0.15) is 17.5 Å². The van der Waals surface area contributed by atoms with Crippen molar-refractivity contribution in [3.05, 3.63) is 0 Å². The average Bonchev–Trinajstić information content (AvgIpc) is 2.78. The Bertz CT molecular complexity index is 720. The van der Waals surface area contributed by atoms with Crippen molar-refractivity contribution in [3.63, 3.8) is 0 Å². The van der Waals surface area contributed by atoms with Crippen LogP contribution in [0.2, 0.25) is 0 Å². The molecule has 0 aromatic heterocycles. The molecule has 2 atom stereocenters. The molecule has 41 heavy (non-hydrogen) atoms. The van der Waals surface area contributed by atoms with E-state index in [1.54, 1.807) is 34.9 Å². The molecule has 0 aromatic carbocycles. The van der Waals surface area contributed by atoms with E-state index in [1.165, 1.54) is 29.4 Å². The molecule has 0 saturated heterocycles. The molecule has 2 amide bonds. The van der Waals surface area contributed by atoms with Crippen molar-refractivity contribution >= 4 is 18.5 Å². The Morgan fingerprint density at radius 3 is 1.24 bits per heavy atom. The number of ether oxygens (including phenoxy) is 2. The summed E-state index contributed by atoms with van der Waals surface area (Å²) in [6.07, 6.45) is 1.31. The highest BCUT2D eigenvalue weighted by atomic mass is 16.6. The van der Waals surface area contributed by atoms with Crippen LogP contribution in [0.25, 0.3) is 0 Å². The molecule has 0 rings (SSSR count). The lowest BCUT2D eigenvalue weighted by molar-refractivity contribution is -0.113. The number of likely N-dealkylation sites (N-methyl/N-ethyl adjacent to an activating group) is 2. The monoisotopic (exact) mass is 590 g/mol. The van der Waals surface area contributed by atoms with Gasteiger partial charge >= 0.3 is 12.2 Å². The quantitative estimate of drug-likeness (QED) is 0.293. The van der Waals surface area contributed by atoms with Crippen LogP contribution >= 0.6 is 0 Å². The summed E-state index contributed by atoms with van der Waals surface area (Å²) in [7, 11) is 3.26. The zero-order valence-electron chi connectivity index (χ0n) is 29.8. The maximum absolute atomic E-state index is 11.8. The van der Waals surface area contributed by atoms with Gasteiger partial charge in [-0.3, -0.25) is 0 Å². The summed E-state index contributed by atoms with van der Waals surface area (Å²) in [5.74, 6) is 0. The first kappa shape index (κ1) is 43.6. The maximum Gasteiger partial charge on any atom is 0.410 e. The summed E-state index contributed by atoms with van der Waals surface area (Å²) < 4.78 is 10.5. The maximum atomic E-state index is 11.8. The van der Waals surface area contributed by atoms with Crippen molar-refractivity contribution in [1.29, 1.82) is 0 Å². The van der Waals surface area contributed by atoms with Gasteiger partial charge in [0, 0.05) is 14.1 Å². The first-order valence-corrected chi connectivity index (χ1v) is 15.0. The molecule has 0 aliphatic rings. The van der Waals surface area contributed by atoms with Crippen LogP contribution in [0.4, 0.5) is 9.59 Å². The Morgan fingerprint density at radius 1 is 0.683 bits per heavy atom. The second-order valence-corrected chi connectivity index (χ2v) is 14.9. The Kier molecular flexibility index (Phi) is 20.6. The highest BCUT2D eigenvalue weighted by Crippen LogP contribution is 2.24. The van der Waals surface area contributed by atoms with Gasteiger partial charge in [0.05, 0.1) is 18.7 Å². The van der Waals surface area contributed by atoms with Crippen molar-refractivity contribution in [1.82, 2.24) is 14.7 Å². The summed E-state index contributed by atoms with van der Waals surface area (Å²) in [4.78, 5) is 39.9. The van der Waals surface area contributed by atoms with Gasteiger partial charge in [0.2, 0.25) is 0 Å². The SMILES string of the molecule is CCN(CC)CC.CN(C(=O)OC(C)(C)C)[C@H](C=O)CC(C)(C)C.CN(C(=O)OC(C)(C)C)[C@H](CO)CC(C)(C)C. The predicted molar refractivity (Wildman–Crippen MR) is 170 cm³/mol. The van der Waals surface area contributed by atoms with E-state index in [1.807, 2.05) is 41.5 Å². The molecule has 0 heterocycles. The fraction of sp³-hybridized carbons (Fsp3) is 0.906. The number of hydrogen-bond acceptors (Lipinski definition) is 7. The van der Waals surface area contributed by atoms with E-state index < -0.39 is 23.3 Å². The van der Waals surface area contributed by atoms with E-state index in [0.717, 1.165) is 12.7 Å². The zero-order valence-corrected chi connectivity index (χ0v) is 29.8. The highest BCUT2D eigenvalue weighted by Gasteiger charge is 2.29. The minimum Gasteiger partial charge on any atom is -0.444 e. The number of rotatable bonds is 9. The smallest absolute Gasteiger partial charge is 0.410 e. The van der Waals surface area contributed by atoms with Crippen molar-refractivity contribution in [2.24, 2.45) is 10.8 Å². The summed E-state index contributed by atoms with van der Waals surface area (Å²) in [5, 5.41) is 9.36. The third-order valence-corrected chi connectivity index (χ3v) is 5.79. The van der Waals surface area contributed by atoms with Crippen molar-refractivity contribution in [2.75, 3.05) is 40.3 Å². The van der Waals surface area contributed by atoms with Crippen LogP contribution in [-0.2, 0) is 14.3 Å². The predicted octanol–water partition coefficient (Wildman–Crippen LogP) is 6.86. The number of amides is 2. The van der Waals surface area contributed by atoms with Crippen LogP contribution in [0.15, 0.2) is 0 Å². The Morgan fingerprint density at radius 2 is 1.02 bits per heavy atom. The minimum absolute atomic E-state index is 0.0121. The lowest BCUT2D eigenvalue weighted by Gasteiger charge is -2.33. The van der Waals surface area contributed by atoms with E-state index in [2.05, 4.69) is 46.4 Å². The number of carbonyl (C=O) groups excluding carboxylic acids is 3. The third kappa shape index (κ3) is 25.6. The van der Waals surface area contributed by atoms with Gasteiger partial charge < -0.3 is 34.1 Å². The number of hydrogen-bond donors (Lipinski definition) is 1.